The van der Waals surface area contributed by atoms with Crippen molar-refractivity contribution in [2.24, 2.45) is 12.0 Å². The largest absolute Gasteiger partial charge is 0.271 e. The normalized spacial score (nSPS) is 11.1. The summed E-state index contributed by atoms with van der Waals surface area (Å²) in [5, 5.41) is 23.5. The lowest BCUT2D eigenvalue weighted by molar-refractivity contribution is 0.630. The number of aliphatic imine (C=N–C) groups is 1. The smallest absolute Gasteiger partial charge is 0.204 e. The molecular weight excluding hydrogens is 262 g/mol. The molecule has 0 saturated carbocycles. The van der Waals surface area contributed by atoms with Crippen LogP contribution in [0.3, 0.4) is 0 Å². The van der Waals surface area contributed by atoms with Crippen LogP contribution in [0.15, 0.2) is 29.3 Å². The maximum atomic E-state index is 8.59. The number of aromatic nitrogens is 4. The highest BCUT2D eigenvalue weighted by molar-refractivity contribution is 8.13. The number of hydrogen-bond donors (Lipinski definition) is 1. The number of aryl methyl sites for hydroxylation is 1. The topological polar surface area (TPSA) is 91.8 Å². The molecule has 0 aliphatic carbocycles. The van der Waals surface area contributed by atoms with Crippen LogP contribution in [-0.4, -0.2) is 31.6 Å². The maximum absolute atomic E-state index is 8.59. The summed E-state index contributed by atoms with van der Waals surface area (Å²) in [5.74, 6) is 0.540. The lowest BCUT2D eigenvalue weighted by atomic mass is 10.2. The van der Waals surface area contributed by atoms with Crippen molar-refractivity contribution in [2.75, 3.05) is 6.26 Å². The van der Waals surface area contributed by atoms with E-state index in [1.807, 2.05) is 36.7 Å². The first-order chi connectivity index (χ1) is 9.22. The predicted molar refractivity (Wildman–Crippen MR) is 73.6 cm³/mol. The lowest BCUT2D eigenvalue weighted by Crippen LogP contribution is -2.12. The van der Waals surface area contributed by atoms with E-state index >= 15 is 0 Å². The fourth-order valence-electron chi connectivity index (χ4n) is 1.40. The van der Waals surface area contributed by atoms with Gasteiger partial charge in [-0.15, -0.1) is 10.2 Å². The minimum absolute atomic E-state index is 0.534. The molecule has 2 aromatic rings. The van der Waals surface area contributed by atoms with Crippen molar-refractivity contribution in [3.05, 3.63) is 24.3 Å². The Balaban J connectivity index is 2.32. The fourth-order valence-corrected chi connectivity index (χ4v) is 1.75. The van der Waals surface area contributed by atoms with Gasteiger partial charge >= 0.3 is 0 Å². The number of benzene rings is 1. The number of nitriles is 1. The van der Waals surface area contributed by atoms with Crippen molar-refractivity contribution in [1.82, 2.24) is 25.5 Å². The molecule has 7 nitrogen and oxygen atoms in total. The molecule has 0 amide bonds. The molecule has 0 aliphatic rings. The van der Waals surface area contributed by atoms with Gasteiger partial charge in [0.1, 0.15) is 0 Å². The molecule has 19 heavy (non-hydrogen) atoms. The van der Waals surface area contributed by atoms with Crippen molar-refractivity contribution in [1.29, 1.82) is 5.26 Å². The second-order valence-corrected chi connectivity index (χ2v) is 4.31. The molecule has 96 valence electrons. The first-order valence-electron chi connectivity index (χ1n) is 5.35. The van der Waals surface area contributed by atoms with E-state index in [9.17, 15) is 0 Å². The summed E-state index contributed by atoms with van der Waals surface area (Å²) < 4.78 is 0. The Kier molecular flexibility index (Phi) is 4.10. The molecule has 0 fully saturated rings. The Morgan fingerprint density at radius 1 is 1.53 bits per heavy atom. The van der Waals surface area contributed by atoms with Crippen molar-refractivity contribution in [2.45, 2.75) is 0 Å². The Labute approximate surface area is 114 Å². The average molecular weight is 273 g/mol. The fraction of sp³-hybridized carbons (Fsp3) is 0.182. The highest BCUT2D eigenvalue weighted by Gasteiger charge is 2.05. The van der Waals surface area contributed by atoms with Gasteiger partial charge in [0, 0.05) is 5.56 Å². The maximum Gasteiger partial charge on any atom is 0.204 e. The number of hydrogen-bond acceptors (Lipinski definition) is 6. The summed E-state index contributed by atoms with van der Waals surface area (Å²) in [7, 11) is 1.71. The van der Waals surface area contributed by atoms with Crippen LogP contribution in [0.2, 0.25) is 0 Å². The third-order valence-corrected chi connectivity index (χ3v) is 2.78. The van der Waals surface area contributed by atoms with Crippen LogP contribution >= 0.6 is 11.8 Å². The molecule has 0 radical (unpaired) electrons. The second kappa shape index (κ2) is 5.97. The van der Waals surface area contributed by atoms with Gasteiger partial charge < -0.3 is 0 Å². The Bertz CT molecular complexity index is 640. The zero-order chi connectivity index (χ0) is 13.7. The SMILES string of the molecule is CSC(=Nc1cccc(-c2nnn(C)n2)c1)NC#N. The van der Waals surface area contributed by atoms with E-state index in [4.69, 9.17) is 5.26 Å². The van der Waals surface area contributed by atoms with Gasteiger partial charge in [-0.05, 0) is 23.6 Å². The summed E-state index contributed by atoms with van der Waals surface area (Å²) in [6, 6.07) is 7.42. The molecule has 1 aromatic carbocycles. The van der Waals surface area contributed by atoms with Crippen LogP contribution < -0.4 is 5.32 Å². The zero-order valence-electron chi connectivity index (χ0n) is 10.4. The minimum Gasteiger partial charge on any atom is -0.271 e. The quantitative estimate of drug-likeness (QED) is 0.384. The Morgan fingerprint density at radius 2 is 2.37 bits per heavy atom. The summed E-state index contributed by atoms with van der Waals surface area (Å²) in [6.07, 6.45) is 3.69. The van der Waals surface area contributed by atoms with E-state index in [1.165, 1.54) is 16.6 Å². The Morgan fingerprint density at radius 3 is 3.00 bits per heavy atom. The molecule has 0 aliphatic heterocycles. The molecule has 2 rings (SSSR count). The molecule has 1 heterocycles. The van der Waals surface area contributed by atoms with E-state index in [-0.39, 0.29) is 0 Å². The van der Waals surface area contributed by atoms with Crippen LogP contribution in [0.5, 0.6) is 0 Å². The molecule has 0 unspecified atom stereocenters. The number of tetrazole rings is 1. The van der Waals surface area contributed by atoms with Crippen molar-refractivity contribution < 1.29 is 0 Å². The molecule has 8 heteroatoms. The number of thioether (sulfide) groups is 1. The van der Waals surface area contributed by atoms with Gasteiger partial charge in [-0.3, -0.25) is 5.32 Å². The standard InChI is InChI=1S/C11H11N7S/c1-18-16-10(15-17-18)8-4-3-5-9(6-8)14-11(19-2)13-7-12/h3-6H,1-2H3,(H,13,14). The molecule has 0 atom stereocenters. The summed E-state index contributed by atoms with van der Waals surface area (Å²) in [5.41, 5.74) is 1.55. The first kappa shape index (κ1) is 13.0. The lowest BCUT2D eigenvalue weighted by Gasteiger charge is -2.01. The first-order valence-corrected chi connectivity index (χ1v) is 6.57. The van der Waals surface area contributed by atoms with Gasteiger partial charge in [-0.2, -0.15) is 10.1 Å². The summed E-state index contributed by atoms with van der Waals surface area (Å²) >= 11 is 1.36. The summed E-state index contributed by atoms with van der Waals surface area (Å²) in [6.45, 7) is 0. The summed E-state index contributed by atoms with van der Waals surface area (Å²) in [4.78, 5) is 5.72. The van der Waals surface area contributed by atoms with E-state index < -0.39 is 0 Å². The molecule has 1 N–H and O–H groups in total. The van der Waals surface area contributed by atoms with Crippen LogP contribution in [-0.2, 0) is 7.05 Å². The monoisotopic (exact) mass is 273 g/mol. The van der Waals surface area contributed by atoms with Crippen LogP contribution in [0.4, 0.5) is 5.69 Å². The average Bonchev–Trinajstić information content (AvgIpc) is 2.85. The second-order valence-electron chi connectivity index (χ2n) is 3.51. The van der Waals surface area contributed by atoms with Gasteiger partial charge in [0.25, 0.3) is 0 Å². The number of rotatable bonds is 2. The molecule has 0 spiro atoms. The van der Waals surface area contributed by atoms with Gasteiger partial charge in [-0.25, -0.2) is 4.99 Å². The van der Waals surface area contributed by atoms with Crippen LogP contribution in [0.1, 0.15) is 0 Å². The van der Waals surface area contributed by atoms with E-state index in [0.717, 1.165) is 11.3 Å². The molecule has 0 bridgehead atoms. The van der Waals surface area contributed by atoms with Gasteiger partial charge in [0.15, 0.2) is 11.4 Å². The van der Waals surface area contributed by atoms with E-state index in [0.29, 0.717) is 11.0 Å². The van der Waals surface area contributed by atoms with E-state index in [2.05, 4.69) is 25.7 Å². The van der Waals surface area contributed by atoms with Gasteiger partial charge in [0.2, 0.25) is 5.82 Å². The van der Waals surface area contributed by atoms with Crippen molar-refractivity contribution in [3.63, 3.8) is 0 Å². The van der Waals surface area contributed by atoms with Crippen molar-refractivity contribution >= 4 is 22.6 Å². The zero-order valence-corrected chi connectivity index (χ0v) is 11.2. The number of nitrogens with zero attached hydrogens (tertiary/aromatic N) is 6. The van der Waals surface area contributed by atoms with E-state index in [1.54, 1.807) is 7.05 Å². The molecular formula is C11H11N7S. The highest BCUT2D eigenvalue weighted by atomic mass is 32.2. The minimum atomic E-state index is 0.534. The molecule has 0 saturated heterocycles. The third kappa shape index (κ3) is 3.29. The van der Waals surface area contributed by atoms with Gasteiger partial charge in [-0.1, -0.05) is 23.9 Å². The van der Waals surface area contributed by atoms with Crippen LogP contribution in [0, 0.1) is 11.5 Å². The Hall–Kier alpha value is -2.40. The molecule has 1 aromatic heterocycles. The number of nitrogens with one attached hydrogen (secondary N) is 1. The predicted octanol–water partition coefficient (Wildman–Crippen LogP) is 1.30. The third-order valence-electron chi connectivity index (χ3n) is 2.20. The highest BCUT2D eigenvalue weighted by Crippen LogP contribution is 2.21. The van der Waals surface area contributed by atoms with Crippen molar-refractivity contribution in [3.8, 4) is 17.6 Å². The van der Waals surface area contributed by atoms with Crippen LogP contribution in [0.25, 0.3) is 11.4 Å². The van der Waals surface area contributed by atoms with Gasteiger partial charge in [0.05, 0.1) is 12.7 Å². The number of amidine groups is 1.